The Hall–Kier alpha value is -3.99. The Morgan fingerprint density at radius 1 is 1.21 bits per heavy atom. The Balaban J connectivity index is 1.94. The molecule has 2 N–H and O–H groups in total. The van der Waals surface area contributed by atoms with Gasteiger partial charge in [0.2, 0.25) is 0 Å². The van der Waals surface area contributed by atoms with Gasteiger partial charge in [0.15, 0.2) is 0 Å². The summed E-state index contributed by atoms with van der Waals surface area (Å²) in [5, 5.41) is 24.8. The fraction of sp³-hybridized carbons (Fsp3) is 0.100. The number of aryl methyl sites for hydroxylation is 1. The molecule has 3 aromatic rings. The third-order valence-corrected chi connectivity index (χ3v) is 3.94. The summed E-state index contributed by atoms with van der Waals surface area (Å²) >= 11 is 0. The van der Waals surface area contributed by atoms with E-state index in [4.69, 9.17) is 10.4 Å². The Morgan fingerprint density at radius 2 is 1.96 bits per heavy atom. The van der Waals surface area contributed by atoms with E-state index in [2.05, 4.69) is 10.4 Å². The highest BCUT2D eigenvalue weighted by atomic mass is 19.1. The summed E-state index contributed by atoms with van der Waals surface area (Å²) in [7, 11) is 0. The van der Waals surface area contributed by atoms with Crippen LogP contribution in [0.3, 0.4) is 0 Å². The third kappa shape index (κ3) is 4.22. The van der Waals surface area contributed by atoms with Crippen LogP contribution in [0.25, 0.3) is 11.3 Å². The molecule has 0 spiro atoms. The number of anilines is 1. The number of amides is 1. The average molecular weight is 378 g/mol. The molecule has 0 saturated carbocycles. The Labute approximate surface area is 159 Å². The Bertz CT molecular complexity index is 1070. The van der Waals surface area contributed by atoms with Crippen molar-refractivity contribution >= 4 is 17.6 Å². The summed E-state index contributed by atoms with van der Waals surface area (Å²) in [4.78, 5) is 23.9. The molecule has 1 amide bonds. The van der Waals surface area contributed by atoms with Crippen molar-refractivity contribution in [2.45, 2.75) is 13.0 Å². The van der Waals surface area contributed by atoms with Gasteiger partial charge in [-0.05, 0) is 42.5 Å². The lowest BCUT2D eigenvalue weighted by atomic mass is 10.1. The first-order valence-electron chi connectivity index (χ1n) is 8.33. The van der Waals surface area contributed by atoms with Crippen molar-refractivity contribution in [3.05, 3.63) is 71.7 Å². The first kappa shape index (κ1) is 18.8. The molecule has 2 aromatic carbocycles. The summed E-state index contributed by atoms with van der Waals surface area (Å²) in [5.41, 5.74) is 1.47. The number of halogens is 1. The second kappa shape index (κ2) is 8.14. The lowest BCUT2D eigenvalue weighted by Gasteiger charge is -2.06. The van der Waals surface area contributed by atoms with Gasteiger partial charge in [-0.15, -0.1) is 0 Å². The maximum absolute atomic E-state index is 13.2. The third-order valence-electron chi connectivity index (χ3n) is 3.94. The minimum absolute atomic E-state index is 0.0428. The monoisotopic (exact) mass is 378 g/mol. The summed E-state index contributed by atoms with van der Waals surface area (Å²) in [6.45, 7) is 0.298. The molecule has 0 aliphatic carbocycles. The number of carboxylic acid groups (broad SMARTS) is 1. The van der Waals surface area contributed by atoms with Crippen molar-refractivity contribution < 1.29 is 19.1 Å². The van der Waals surface area contributed by atoms with Crippen LogP contribution in [0.4, 0.5) is 10.1 Å². The van der Waals surface area contributed by atoms with E-state index in [-0.39, 0.29) is 17.5 Å². The summed E-state index contributed by atoms with van der Waals surface area (Å²) < 4.78 is 14.7. The molecule has 0 atom stereocenters. The number of carbonyl (C=O) groups excluding carboxylic acids is 1. The van der Waals surface area contributed by atoms with Gasteiger partial charge in [-0.1, -0.05) is 6.07 Å². The van der Waals surface area contributed by atoms with Crippen molar-refractivity contribution in [2.24, 2.45) is 0 Å². The smallest absolute Gasteiger partial charge is 0.335 e. The van der Waals surface area contributed by atoms with Crippen LogP contribution in [0, 0.1) is 17.1 Å². The molecule has 8 heteroatoms. The molecule has 0 saturated heterocycles. The SMILES string of the molecule is N#CCCn1cc(C(=O)Nc2cccc(C(=O)O)c2)c(-c2ccc(F)cc2)n1. The summed E-state index contributed by atoms with van der Waals surface area (Å²) in [5.74, 6) is -2.01. The molecule has 3 rings (SSSR count). The fourth-order valence-corrected chi connectivity index (χ4v) is 2.62. The van der Waals surface area contributed by atoms with E-state index in [1.54, 1.807) is 6.07 Å². The van der Waals surface area contributed by atoms with Gasteiger partial charge in [0, 0.05) is 17.4 Å². The van der Waals surface area contributed by atoms with Gasteiger partial charge in [-0.25, -0.2) is 9.18 Å². The second-order valence-electron chi connectivity index (χ2n) is 5.91. The molecular formula is C20H15FN4O3. The number of benzene rings is 2. The highest BCUT2D eigenvalue weighted by molar-refractivity contribution is 6.08. The van der Waals surface area contributed by atoms with Crippen molar-refractivity contribution in [3.8, 4) is 17.3 Å². The molecule has 28 heavy (non-hydrogen) atoms. The first-order valence-corrected chi connectivity index (χ1v) is 8.33. The number of hydrogen-bond acceptors (Lipinski definition) is 4. The maximum Gasteiger partial charge on any atom is 0.335 e. The number of nitrogens with zero attached hydrogens (tertiary/aromatic N) is 3. The van der Waals surface area contributed by atoms with E-state index in [0.717, 1.165) is 0 Å². The Kier molecular flexibility index (Phi) is 5.46. The normalized spacial score (nSPS) is 10.3. The predicted molar refractivity (Wildman–Crippen MR) is 99.2 cm³/mol. The van der Waals surface area contributed by atoms with Gasteiger partial charge in [0.25, 0.3) is 5.91 Å². The average Bonchev–Trinajstić information content (AvgIpc) is 3.11. The molecule has 0 unspecified atom stereocenters. The van der Waals surface area contributed by atoms with Crippen LogP contribution in [0.15, 0.2) is 54.7 Å². The molecule has 1 aromatic heterocycles. The standard InChI is InChI=1S/C20H15FN4O3/c21-15-7-5-13(6-8-15)18-17(12-25(24-18)10-2-9-22)19(26)23-16-4-1-3-14(11-16)20(27)28/h1,3-8,11-12H,2,10H2,(H,23,26)(H,27,28). The van der Waals surface area contributed by atoms with Crippen molar-refractivity contribution in [2.75, 3.05) is 5.32 Å². The van der Waals surface area contributed by atoms with Gasteiger partial charge in [0.1, 0.15) is 11.5 Å². The van der Waals surface area contributed by atoms with Gasteiger partial charge < -0.3 is 10.4 Å². The molecule has 0 bridgehead atoms. The molecule has 0 aliphatic rings. The van der Waals surface area contributed by atoms with Crippen LogP contribution in [-0.4, -0.2) is 26.8 Å². The van der Waals surface area contributed by atoms with E-state index < -0.39 is 17.7 Å². The van der Waals surface area contributed by atoms with Crippen LogP contribution < -0.4 is 5.32 Å². The number of aromatic carboxylic acids is 1. The van der Waals surface area contributed by atoms with E-state index in [9.17, 15) is 14.0 Å². The number of nitriles is 1. The lowest BCUT2D eigenvalue weighted by Crippen LogP contribution is -2.13. The lowest BCUT2D eigenvalue weighted by molar-refractivity contribution is 0.0696. The minimum atomic E-state index is -1.10. The summed E-state index contributed by atoms with van der Waals surface area (Å²) in [6.07, 6.45) is 1.72. The van der Waals surface area contributed by atoms with Gasteiger partial charge in [-0.3, -0.25) is 9.48 Å². The highest BCUT2D eigenvalue weighted by Gasteiger charge is 2.19. The molecular weight excluding hydrogens is 363 g/mol. The number of aromatic nitrogens is 2. The molecule has 0 aliphatic heterocycles. The molecule has 1 heterocycles. The maximum atomic E-state index is 13.2. The van der Waals surface area contributed by atoms with Gasteiger partial charge in [-0.2, -0.15) is 10.4 Å². The second-order valence-corrected chi connectivity index (χ2v) is 5.91. The molecule has 0 radical (unpaired) electrons. The predicted octanol–water partition coefficient (Wildman–Crippen LogP) is 3.55. The number of rotatable bonds is 6. The number of nitrogens with one attached hydrogen (secondary N) is 1. The molecule has 0 fully saturated rings. The van der Waals surface area contributed by atoms with Crippen molar-refractivity contribution in [1.29, 1.82) is 5.26 Å². The number of carbonyl (C=O) groups is 2. The fourth-order valence-electron chi connectivity index (χ4n) is 2.62. The number of carboxylic acids is 1. The minimum Gasteiger partial charge on any atom is -0.478 e. The van der Waals surface area contributed by atoms with Gasteiger partial charge >= 0.3 is 5.97 Å². The topological polar surface area (TPSA) is 108 Å². The van der Waals surface area contributed by atoms with Crippen LogP contribution in [0.2, 0.25) is 0 Å². The zero-order valence-electron chi connectivity index (χ0n) is 14.6. The quantitative estimate of drug-likeness (QED) is 0.682. The Morgan fingerprint density at radius 3 is 2.64 bits per heavy atom. The highest BCUT2D eigenvalue weighted by Crippen LogP contribution is 2.24. The van der Waals surface area contributed by atoms with Crippen molar-refractivity contribution in [1.82, 2.24) is 9.78 Å². The van der Waals surface area contributed by atoms with Gasteiger partial charge in [0.05, 0.1) is 30.2 Å². The van der Waals surface area contributed by atoms with Crippen LogP contribution in [0.5, 0.6) is 0 Å². The molecule has 140 valence electrons. The summed E-state index contributed by atoms with van der Waals surface area (Å²) in [6, 6.07) is 13.4. The van der Waals surface area contributed by atoms with E-state index in [1.165, 1.54) is 53.3 Å². The van der Waals surface area contributed by atoms with E-state index >= 15 is 0 Å². The first-order chi connectivity index (χ1) is 13.5. The van der Waals surface area contributed by atoms with Crippen molar-refractivity contribution in [3.63, 3.8) is 0 Å². The van der Waals surface area contributed by atoms with Crippen LogP contribution in [-0.2, 0) is 6.54 Å². The van der Waals surface area contributed by atoms with E-state index in [1.807, 2.05) is 6.07 Å². The largest absolute Gasteiger partial charge is 0.478 e. The zero-order valence-corrected chi connectivity index (χ0v) is 14.6. The van der Waals surface area contributed by atoms with Crippen LogP contribution >= 0.6 is 0 Å². The van der Waals surface area contributed by atoms with Crippen LogP contribution in [0.1, 0.15) is 27.1 Å². The molecule has 7 nitrogen and oxygen atoms in total. The van der Waals surface area contributed by atoms with E-state index in [0.29, 0.717) is 23.5 Å². The number of hydrogen-bond donors (Lipinski definition) is 2. The zero-order chi connectivity index (χ0) is 20.1.